The van der Waals surface area contributed by atoms with Crippen LogP contribution in [0.1, 0.15) is 35.3 Å². The Morgan fingerprint density at radius 2 is 1.86 bits per heavy atom. The van der Waals surface area contributed by atoms with Gasteiger partial charge in [0, 0.05) is 17.5 Å². The summed E-state index contributed by atoms with van der Waals surface area (Å²) in [5, 5.41) is 5.34. The number of hydrogen-bond acceptors (Lipinski definition) is 4. The van der Waals surface area contributed by atoms with Crippen LogP contribution in [0.5, 0.6) is 11.5 Å². The van der Waals surface area contributed by atoms with E-state index >= 15 is 0 Å². The first-order valence-electron chi connectivity index (χ1n) is 9.39. The van der Waals surface area contributed by atoms with Gasteiger partial charge in [-0.1, -0.05) is 29.8 Å². The number of hydrogen-bond donors (Lipinski definition) is 2. The van der Waals surface area contributed by atoms with Gasteiger partial charge in [-0.25, -0.2) is 0 Å². The van der Waals surface area contributed by atoms with Gasteiger partial charge in [-0.2, -0.15) is 0 Å². The Balaban J connectivity index is 1.39. The van der Waals surface area contributed by atoms with Crippen LogP contribution in [0.15, 0.2) is 42.5 Å². The normalized spacial score (nSPS) is 14.0. The SMILES string of the molecule is Cc1ccc(C(=O)NCC(=O)NCCOc2cccc3c2OC(C)(C)C3)cc1. The van der Waals surface area contributed by atoms with Crippen molar-refractivity contribution < 1.29 is 19.1 Å². The van der Waals surface area contributed by atoms with Crippen LogP contribution < -0.4 is 20.1 Å². The zero-order chi connectivity index (χ0) is 20.1. The second-order valence-electron chi connectivity index (χ2n) is 7.53. The molecule has 1 aliphatic rings. The minimum Gasteiger partial charge on any atom is -0.488 e. The Morgan fingerprint density at radius 1 is 1.11 bits per heavy atom. The zero-order valence-corrected chi connectivity index (χ0v) is 16.5. The number of para-hydroxylation sites is 1. The Bertz CT molecular complexity index is 859. The summed E-state index contributed by atoms with van der Waals surface area (Å²) in [6.07, 6.45) is 0.844. The van der Waals surface area contributed by atoms with Gasteiger partial charge in [0.05, 0.1) is 13.1 Å². The molecule has 2 aromatic carbocycles. The number of aryl methyl sites for hydroxylation is 1. The highest BCUT2D eigenvalue weighted by molar-refractivity contribution is 5.96. The van der Waals surface area contributed by atoms with E-state index in [9.17, 15) is 9.59 Å². The van der Waals surface area contributed by atoms with Crippen molar-refractivity contribution in [3.8, 4) is 11.5 Å². The lowest BCUT2D eigenvalue weighted by Crippen LogP contribution is -2.38. The number of carbonyl (C=O) groups is 2. The van der Waals surface area contributed by atoms with E-state index < -0.39 is 0 Å². The lowest BCUT2D eigenvalue weighted by molar-refractivity contribution is -0.120. The summed E-state index contributed by atoms with van der Waals surface area (Å²) in [4.78, 5) is 23.9. The van der Waals surface area contributed by atoms with E-state index in [2.05, 4.69) is 10.6 Å². The van der Waals surface area contributed by atoms with Crippen molar-refractivity contribution in [1.29, 1.82) is 0 Å². The van der Waals surface area contributed by atoms with Crippen molar-refractivity contribution in [2.24, 2.45) is 0 Å². The topological polar surface area (TPSA) is 76.7 Å². The van der Waals surface area contributed by atoms with E-state index in [-0.39, 0.29) is 24.0 Å². The first-order chi connectivity index (χ1) is 13.3. The van der Waals surface area contributed by atoms with Gasteiger partial charge in [0.2, 0.25) is 5.91 Å². The maximum atomic E-state index is 12.0. The maximum Gasteiger partial charge on any atom is 0.251 e. The number of rotatable bonds is 7. The van der Waals surface area contributed by atoms with Crippen molar-refractivity contribution in [3.05, 3.63) is 59.2 Å². The molecule has 0 fully saturated rings. The third kappa shape index (κ3) is 5.03. The molecule has 0 atom stereocenters. The molecule has 6 heteroatoms. The number of nitrogens with one attached hydrogen (secondary N) is 2. The summed E-state index contributed by atoms with van der Waals surface area (Å²) in [5.74, 6) is 0.930. The van der Waals surface area contributed by atoms with Crippen LogP contribution in [0, 0.1) is 6.92 Å². The summed E-state index contributed by atoms with van der Waals surface area (Å²) in [6.45, 7) is 6.62. The van der Waals surface area contributed by atoms with Crippen LogP contribution in [-0.4, -0.2) is 37.1 Å². The summed E-state index contributed by atoms with van der Waals surface area (Å²) in [7, 11) is 0. The molecular formula is C22H26N2O4. The second-order valence-corrected chi connectivity index (χ2v) is 7.53. The molecule has 28 heavy (non-hydrogen) atoms. The van der Waals surface area contributed by atoms with Crippen LogP contribution >= 0.6 is 0 Å². The van der Waals surface area contributed by atoms with Crippen LogP contribution in [0.4, 0.5) is 0 Å². The smallest absolute Gasteiger partial charge is 0.251 e. The number of carbonyl (C=O) groups excluding carboxylic acids is 2. The highest BCUT2D eigenvalue weighted by Gasteiger charge is 2.32. The summed E-state index contributed by atoms with van der Waals surface area (Å²) in [5.41, 5.74) is 2.51. The molecule has 0 saturated carbocycles. The highest BCUT2D eigenvalue weighted by Crippen LogP contribution is 2.41. The third-order valence-electron chi connectivity index (χ3n) is 4.46. The van der Waals surface area contributed by atoms with Crippen LogP contribution in [0.25, 0.3) is 0 Å². The fourth-order valence-electron chi connectivity index (χ4n) is 3.08. The summed E-state index contributed by atoms with van der Waals surface area (Å²) >= 11 is 0. The lowest BCUT2D eigenvalue weighted by Gasteiger charge is -2.18. The summed E-state index contributed by atoms with van der Waals surface area (Å²) in [6, 6.07) is 13.0. The molecule has 1 heterocycles. The third-order valence-corrected chi connectivity index (χ3v) is 4.46. The van der Waals surface area contributed by atoms with Crippen LogP contribution in [0.2, 0.25) is 0 Å². The molecular weight excluding hydrogens is 356 g/mol. The van der Waals surface area contributed by atoms with Gasteiger partial charge in [-0.3, -0.25) is 9.59 Å². The van der Waals surface area contributed by atoms with Gasteiger partial charge >= 0.3 is 0 Å². The first-order valence-corrected chi connectivity index (χ1v) is 9.39. The second kappa shape index (κ2) is 8.33. The fourth-order valence-corrected chi connectivity index (χ4v) is 3.08. The van der Waals surface area contributed by atoms with Crippen molar-refractivity contribution in [3.63, 3.8) is 0 Å². The quantitative estimate of drug-likeness (QED) is 0.722. The van der Waals surface area contributed by atoms with E-state index in [0.29, 0.717) is 24.5 Å². The first kappa shape index (κ1) is 19.7. The predicted molar refractivity (Wildman–Crippen MR) is 107 cm³/mol. The lowest BCUT2D eigenvalue weighted by atomic mass is 10.0. The Labute approximate surface area is 165 Å². The molecule has 0 aromatic heterocycles. The molecule has 2 amide bonds. The monoisotopic (exact) mass is 382 g/mol. The van der Waals surface area contributed by atoms with E-state index in [1.54, 1.807) is 12.1 Å². The van der Waals surface area contributed by atoms with E-state index in [0.717, 1.165) is 23.3 Å². The molecule has 0 saturated heterocycles. The molecule has 0 aliphatic carbocycles. The molecule has 0 bridgehead atoms. The molecule has 0 radical (unpaired) electrons. The van der Waals surface area contributed by atoms with Gasteiger partial charge in [0.15, 0.2) is 11.5 Å². The number of ether oxygens (including phenoxy) is 2. The standard InChI is InChI=1S/C22H26N2O4/c1-15-7-9-16(10-8-15)21(26)24-14-19(25)23-11-12-27-18-6-4-5-17-13-22(2,3)28-20(17)18/h4-10H,11-14H2,1-3H3,(H,23,25)(H,24,26). The van der Waals surface area contributed by atoms with Gasteiger partial charge in [0.1, 0.15) is 12.2 Å². The van der Waals surface area contributed by atoms with Gasteiger partial charge < -0.3 is 20.1 Å². The van der Waals surface area contributed by atoms with Crippen molar-refractivity contribution in [1.82, 2.24) is 10.6 Å². The molecule has 6 nitrogen and oxygen atoms in total. The average Bonchev–Trinajstić information content (AvgIpc) is 2.98. The molecule has 148 valence electrons. The van der Waals surface area contributed by atoms with Crippen molar-refractivity contribution >= 4 is 11.8 Å². The predicted octanol–water partition coefficient (Wildman–Crippen LogP) is 2.63. The number of benzene rings is 2. The number of fused-ring (bicyclic) bond motifs is 1. The van der Waals surface area contributed by atoms with E-state index in [4.69, 9.17) is 9.47 Å². The van der Waals surface area contributed by atoms with Gasteiger partial charge in [-0.05, 0) is 39.0 Å². The maximum absolute atomic E-state index is 12.0. The van der Waals surface area contributed by atoms with Gasteiger partial charge in [-0.15, -0.1) is 0 Å². The Kier molecular flexibility index (Phi) is 5.87. The largest absolute Gasteiger partial charge is 0.488 e. The molecule has 2 N–H and O–H groups in total. The van der Waals surface area contributed by atoms with E-state index in [1.165, 1.54) is 0 Å². The molecule has 2 aromatic rings. The molecule has 0 unspecified atom stereocenters. The minimum absolute atomic E-state index is 0.0786. The fraction of sp³-hybridized carbons (Fsp3) is 0.364. The molecule has 0 spiro atoms. The number of amides is 2. The summed E-state index contributed by atoms with van der Waals surface area (Å²) < 4.78 is 11.7. The van der Waals surface area contributed by atoms with Gasteiger partial charge in [0.25, 0.3) is 5.91 Å². The van der Waals surface area contributed by atoms with Crippen LogP contribution in [0.3, 0.4) is 0 Å². The molecule has 1 aliphatic heterocycles. The average molecular weight is 382 g/mol. The van der Waals surface area contributed by atoms with Crippen LogP contribution in [-0.2, 0) is 11.2 Å². The van der Waals surface area contributed by atoms with E-state index in [1.807, 2.05) is 51.1 Å². The minimum atomic E-state index is -0.272. The Hall–Kier alpha value is -3.02. The van der Waals surface area contributed by atoms with Crippen molar-refractivity contribution in [2.45, 2.75) is 32.8 Å². The molecule has 3 rings (SSSR count). The highest BCUT2D eigenvalue weighted by atomic mass is 16.5. The Morgan fingerprint density at radius 3 is 2.61 bits per heavy atom. The zero-order valence-electron chi connectivity index (χ0n) is 16.5. The van der Waals surface area contributed by atoms with Crippen molar-refractivity contribution in [2.75, 3.05) is 19.7 Å².